The lowest BCUT2D eigenvalue weighted by Gasteiger charge is -2.27. The number of hydrogen-bond donors (Lipinski definition) is 0. The summed E-state index contributed by atoms with van der Waals surface area (Å²) in [6.07, 6.45) is 5.60. The molecule has 0 saturated carbocycles. The molecule has 0 unspecified atom stereocenters. The zero-order valence-electron chi connectivity index (χ0n) is 14.0. The van der Waals surface area contributed by atoms with Crippen molar-refractivity contribution in [1.29, 1.82) is 0 Å². The molecule has 0 fully saturated rings. The van der Waals surface area contributed by atoms with E-state index in [4.69, 9.17) is 13.9 Å². The van der Waals surface area contributed by atoms with Gasteiger partial charge in [-0.05, 0) is 31.2 Å². The van der Waals surface area contributed by atoms with Gasteiger partial charge in [-0.3, -0.25) is 14.4 Å². The number of hydrogen-bond acceptors (Lipinski definition) is 6. The van der Waals surface area contributed by atoms with Crippen LogP contribution in [0.5, 0.6) is 0 Å². The molecule has 6 heteroatoms. The maximum Gasteiger partial charge on any atom is 0.309 e. The number of allylic oxidation sites excluding steroid dienone is 1. The maximum atomic E-state index is 12.3. The summed E-state index contributed by atoms with van der Waals surface area (Å²) in [7, 11) is 2.57. The highest BCUT2D eigenvalue weighted by molar-refractivity contribution is 5.95. The summed E-state index contributed by atoms with van der Waals surface area (Å²) in [5.74, 6) is -2.06. The fraction of sp³-hybridized carbons (Fsp3) is 0.500. The van der Waals surface area contributed by atoms with Gasteiger partial charge in [0.05, 0.1) is 32.3 Å². The first-order chi connectivity index (χ1) is 11.5. The van der Waals surface area contributed by atoms with E-state index in [0.717, 1.165) is 12.0 Å². The molecule has 0 amide bonds. The van der Waals surface area contributed by atoms with E-state index in [9.17, 15) is 14.4 Å². The molecule has 1 aromatic rings. The van der Waals surface area contributed by atoms with E-state index in [-0.39, 0.29) is 18.0 Å². The lowest BCUT2D eigenvalue weighted by atomic mass is 9.76. The van der Waals surface area contributed by atoms with Crippen molar-refractivity contribution in [3.63, 3.8) is 0 Å². The van der Waals surface area contributed by atoms with E-state index in [1.54, 1.807) is 6.08 Å². The van der Waals surface area contributed by atoms with E-state index in [2.05, 4.69) is 6.58 Å². The van der Waals surface area contributed by atoms with E-state index in [0.29, 0.717) is 24.8 Å². The van der Waals surface area contributed by atoms with Crippen LogP contribution < -0.4 is 0 Å². The van der Waals surface area contributed by atoms with Crippen LogP contribution in [0.4, 0.5) is 0 Å². The molecule has 130 valence electrons. The topological polar surface area (TPSA) is 82.8 Å². The number of rotatable bonds is 7. The smallest absolute Gasteiger partial charge is 0.309 e. The molecule has 1 aliphatic carbocycles. The van der Waals surface area contributed by atoms with Crippen molar-refractivity contribution in [2.75, 3.05) is 14.2 Å². The Kier molecular flexibility index (Phi) is 5.95. The number of carbonyl (C=O) groups is 3. The third-order valence-corrected chi connectivity index (χ3v) is 4.40. The fourth-order valence-electron chi connectivity index (χ4n) is 3.11. The highest BCUT2D eigenvalue weighted by Gasteiger charge is 2.42. The summed E-state index contributed by atoms with van der Waals surface area (Å²) in [6.45, 7) is 3.63. The second kappa shape index (κ2) is 7.95. The maximum absolute atomic E-state index is 12.3. The molecule has 1 aliphatic rings. The van der Waals surface area contributed by atoms with E-state index < -0.39 is 23.8 Å². The predicted octanol–water partition coefficient (Wildman–Crippen LogP) is 2.50. The molecule has 0 radical (unpaired) electrons. The second-order valence-corrected chi connectivity index (χ2v) is 5.84. The van der Waals surface area contributed by atoms with Crippen molar-refractivity contribution in [3.05, 3.63) is 35.8 Å². The molecule has 6 nitrogen and oxygen atoms in total. The molecule has 0 spiro atoms. The van der Waals surface area contributed by atoms with Gasteiger partial charge < -0.3 is 13.9 Å². The van der Waals surface area contributed by atoms with Gasteiger partial charge in [0, 0.05) is 12.0 Å². The van der Waals surface area contributed by atoms with Gasteiger partial charge in [-0.25, -0.2) is 0 Å². The zero-order valence-corrected chi connectivity index (χ0v) is 14.0. The van der Waals surface area contributed by atoms with Crippen molar-refractivity contribution in [1.82, 2.24) is 0 Å². The molecule has 0 aromatic carbocycles. The minimum Gasteiger partial charge on any atom is -0.469 e. The van der Waals surface area contributed by atoms with Crippen LogP contribution in [-0.4, -0.2) is 31.9 Å². The van der Waals surface area contributed by atoms with Gasteiger partial charge in [0.2, 0.25) is 0 Å². The number of carbonyl (C=O) groups excluding carboxylic acids is 3. The summed E-state index contributed by atoms with van der Waals surface area (Å²) >= 11 is 0. The first-order valence-electron chi connectivity index (χ1n) is 7.92. The molecule has 0 N–H and O–H groups in total. The van der Waals surface area contributed by atoms with Crippen LogP contribution in [0, 0.1) is 11.8 Å². The number of fused-ring (bicyclic) bond motifs is 1. The number of methoxy groups -OCH3 is 2. The Morgan fingerprint density at radius 3 is 2.42 bits per heavy atom. The van der Waals surface area contributed by atoms with Gasteiger partial charge in [-0.15, -0.1) is 6.58 Å². The largest absolute Gasteiger partial charge is 0.469 e. The molecule has 0 aliphatic heterocycles. The molecule has 0 bridgehead atoms. The average Bonchev–Trinajstić information content (AvgIpc) is 3.02. The third kappa shape index (κ3) is 3.58. The number of furan rings is 1. The number of ketones is 1. The molecule has 1 heterocycles. The minimum atomic E-state index is -0.674. The quantitative estimate of drug-likeness (QED) is 0.330. The highest BCUT2D eigenvalue weighted by Crippen LogP contribution is 2.35. The first kappa shape index (κ1) is 18.0. The van der Waals surface area contributed by atoms with E-state index in [1.807, 2.05) is 0 Å². The molecule has 2 rings (SSSR count). The highest BCUT2D eigenvalue weighted by atomic mass is 16.5. The van der Waals surface area contributed by atoms with Crippen LogP contribution in [-0.2, 0) is 31.9 Å². The lowest BCUT2D eigenvalue weighted by molar-refractivity contribution is -0.158. The van der Waals surface area contributed by atoms with E-state index >= 15 is 0 Å². The minimum absolute atomic E-state index is 0.0989. The van der Waals surface area contributed by atoms with Crippen LogP contribution in [0.3, 0.4) is 0 Å². The Hall–Kier alpha value is -2.37. The summed E-state index contributed by atoms with van der Waals surface area (Å²) in [4.78, 5) is 36.4. The Morgan fingerprint density at radius 1 is 1.21 bits per heavy atom. The Bertz CT molecular complexity index is 642. The van der Waals surface area contributed by atoms with E-state index in [1.165, 1.54) is 20.5 Å². The normalized spacial score (nSPS) is 19.2. The summed E-state index contributed by atoms with van der Waals surface area (Å²) in [5.41, 5.74) is 1.48. The monoisotopic (exact) mass is 334 g/mol. The molecule has 0 saturated heterocycles. The van der Waals surface area contributed by atoms with Gasteiger partial charge >= 0.3 is 11.9 Å². The number of ether oxygens (including phenoxy) is 2. The predicted molar refractivity (Wildman–Crippen MR) is 85.5 cm³/mol. The number of unbranched alkanes of at least 4 members (excludes halogenated alkanes) is 1. The summed E-state index contributed by atoms with van der Waals surface area (Å²) < 4.78 is 15.1. The van der Waals surface area contributed by atoms with Crippen molar-refractivity contribution in [2.45, 2.75) is 32.1 Å². The Morgan fingerprint density at radius 2 is 1.83 bits per heavy atom. The SMILES string of the molecule is C=CCCCC(=O)c1occ2c1C[C@H](C(=O)OC)[C@@H](C(=O)OC)C2. The standard InChI is InChI=1S/C18H22O6/c1-4-5-6-7-15(19)16-12-9-14(18(21)23-3)13(17(20)22-2)8-11(12)10-24-16/h4,10,13-14H,1,5-9H2,2-3H3/t13-,14-/m0/s1. The van der Waals surface area contributed by atoms with Crippen LogP contribution in [0.1, 0.15) is 40.9 Å². The van der Waals surface area contributed by atoms with Crippen LogP contribution >= 0.6 is 0 Å². The van der Waals surface area contributed by atoms with Crippen molar-refractivity contribution >= 4 is 17.7 Å². The van der Waals surface area contributed by atoms with Gasteiger partial charge in [0.25, 0.3) is 0 Å². The molecular weight excluding hydrogens is 312 g/mol. The van der Waals surface area contributed by atoms with Crippen LogP contribution in [0.15, 0.2) is 23.3 Å². The molecular formula is C18H22O6. The Balaban J connectivity index is 2.26. The van der Waals surface area contributed by atoms with Gasteiger partial charge in [0.1, 0.15) is 0 Å². The summed E-state index contributed by atoms with van der Waals surface area (Å²) in [5, 5.41) is 0. The molecule has 1 aromatic heterocycles. The lowest BCUT2D eigenvalue weighted by Crippen LogP contribution is -2.38. The number of Topliss-reactive ketones (excluding diaryl/α,β-unsaturated/α-hetero) is 1. The van der Waals surface area contributed by atoms with Gasteiger partial charge in [-0.2, -0.15) is 0 Å². The summed E-state index contributed by atoms with van der Waals surface area (Å²) in [6, 6.07) is 0. The molecule has 24 heavy (non-hydrogen) atoms. The fourth-order valence-corrected chi connectivity index (χ4v) is 3.11. The van der Waals surface area contributed by atoms with Crippen molar-refractivity contribution < 1.29 is 28.3 Å². The second-order valence-electron chi connectivity index (χ2n) is 5.84. The van der Waals surface area contributed by atoms with Crippen molar-refractivity contribution in [2.24, 2.45) is 11.8 Å². The van der Waals surface area contributed by atoms with Crippen LogP contribution in [0.2, 0.25) is 0 Å². The van der Waals surface area contributed by atoms with Gasteiger partial charge in [-0.1, -0.05) is 6.08 Å². The van der Waals surface area contributed by atoms with Gasteiger partial charge in [0.15, 0.2) is 11.5 Å². The third-order valence-electron chi connectivity index (χ3n) is 4.40. The molecule has 2 atom stereocenters. The van der Waals surface area contributed by atoms with Crippen LogP contribution in [0.25, 0.3) is 0 Å². The zero-order chi connectivity index (χ0) is 17.7. The average molecular weight is 334 g/mol. The Labute approximate surface area is 140 Å². The number of esters is 2. The first-order valence-corrected chi connectivity index (χ1v) is 7.92. The van der Waals surface area contributed by atoms with Crippen molar-refractivity contribution in [3.8, 4) is 0 Å².